The highest BCUT2D eigenvalue weighted by atomic mass is 16.2. The van der Waals surface area contributed by atoms with Crippen molar-refractivity contribution in [1.82, 2.24) is 4.90 Å². The average molecular weight is 263 g/mol. The predicted octanol–water partition coefficient (Wildman–Crippen LogP) is 4.68. The van der Waals surface area contributed by atoms with E-state index in [4.69, 9.17) is 0 Å². The zero-order chi connectivity index (χ0) is 13.9. The molecule has 0 saturated carbocycles. The van der Waals surface area contributed by atoms with Crippen LogP contribution in [0.1, 0.15) is 64.2 Å². The summed E-state index contributed by atoms with van der Waals surface area (Å²) in [5.74, 6) is 0.560. The third-order valence-electron chi connectivity index (χ3n) is 4.03. The summed E-state index contributed by atoms with van der Waals surface area (Å²) in [4.78, 5) is 13.6. The molecule has 1 heterocycles. The summed E-state index contributed by atoms with van der Waals surface area (Å²) in [6.45, 7) is 8.29. The molecule has 1 aliphatic heterocycles. The van der Waals surface area contributed by atoms with E-state index in [-0.39, 0.29) is 5.92 Å². The molecule has 1 unspecified atom stereocenters. The first-order valence-electron chi connectivity index (χ1n) is 7.83. The molecule has 2 heteroatoms. The largest absolute Gasteiger partial charge is 0.319 e. The van der Waals surface area contributed by atoms with Gasteiger partial charge in [-0.05, 0) is 31.9 Å². The van der Waals surface area contributed by atoms with Crippen LogP contribution in [0.3, 0.4) is 0 Å². The Hall–Kier alpha value is -1.05. The Kier molecular flexibility index (Phi) is 8.28. The highest BCUT2D eigenvalue weighted by Crippen LogP contribution is 2.24. The maximum absolute atomic E-state index is 11.8. The number of carbonyl (C=O) groups is 1. The minimum absolute atomic E-state index is 0.269. The molecule has 19 heavy (non-hydrogen) atoms. The van der Waals surface area contributed by atoms with Gasteiger partial charge in [0.05, 0.1) is 0 Å². The zero-order valence-electron chi connectivity index (χ0n) is 12.3. The van der Waals surface area contributed by atoms with Crippen LogP contribution in [-0.2, 0) is 4.79 Å². The summed E-state index contributed by atoms with van der Waals surface area (Å²) in [6.07, 6.45) is 16.0. The Balaban J connectivity index is 1.92. The van der Waals surface area contributed by atoms with Crippen molar-refractivity contribution in [3.05, 3.63) is 25.4 Å². The van der Waals surface area contributed by atoms with Crippen molar-refractivity contribution in [3.63, 3.8) is 0 Å². The van der Waals surface area contributed by atoms with Crippen molar-refractivity contribution in [3.8, 4) is 0 Å². The topological polar surface area (TPSA) is 20.3 Å². The fraction of sp³-hybridized carbons (Fsp3) is 0.706. The highest BCUT2D eigenvalue weighted by Gasteiger charge is 2.28. The number of nitrogens with zero attached hydrogens (tertiary/aromatic N) is 1. The molecule has 0 radical (unpaired) electrons. The smallest absolute Gasteiger partial charge is 0.229 e. The van der Waals surface area contributed by atoms with Gasteiger partial charge in [0, 0.05) is 12.5 Å². The molecule has 2 nitrogen and oxygen atoms in total. The lowest BCUT2D eigenvalue weighted by molar-refractivity contribution is -0.128. The van der Waals surface area contributed by atoms with E-state index in [0.29, 0.717) is 5.91 Å². The summed E-state index contributed by atoms with van der Waals surface area (Å²) in [5.41, 5.74) is 0. The summed E-state index contributed by atoms with van der Waals surface area (Å²) in [7, 11) is 0. The van der Waals surface area contributed by atoms with E-state index in [9.17, 15) is 4.79 Å². The van der Waals surface area contributed by atoms with Crippen LogP contribution in [0.2, 0.25) is 0 Å². The first kappa shape index (κ1) is 16.0. The van der Waals surface area contributed by atoms with Gasteiger partial charge in [-0.25, -0.2) is 0 Å². The molecule has 0 aromatic heterocycles. The van der Waals surface area contributed by atoms with Gasteiger partial charge in [0.1, 0.15) is 0 Å². The molecule has 0 aliphatic carbocycles. The molecule has 1 saturated heterocycles. The Morgan fingerprint density at radius 2 is 1.68 bits per heavy atom. The second kappa shape index (κ2) is 9.82. The molecule has 1 aliphatic rings. The molecule has 1 atom stereocenters. The average Bonchev–Trinajstić information content (AvgIpc) is 2.78. The van der Waals surface area contributed by atoms with Crippen molar-refractivity contribution in [2.24, 2.45) is 5.92 Å². The van der Waals surface area contributed by atoms with E-state index in [2.05, 4.69) is 13.2 Å². The van der Waals surface area contributed by atoms with Gasteiger partial charge in [0.2, 0.25) is 5.91 Å². The molecule has 0 bridgehead atoms. The lowest BCUT2D eigenvalue weighted by Crippen LogP contribution is -2.21. The van der Waals surface area contributed by atoms with Gasteiger partial charge in [0.25, 0.3) is 0 Å². The molecular weight excluding hydrogens is 234 g/mol. The molecule has 0 aromatic carbocycles. The summed E-state index contributed by atoms with van der Waals surface area (Å²) in [5, 5.41) is 0. The van der Waals surface area contributed by atoms with Crippen LogP contribution in [0.4, 0.5) is 0 Å². The van der Waals surface area contributed by atoms with Crippen LogP contribution in [0.25, 0.3) is 0 Å². The number of hydrogen-bond acceptors (Lipinski definition) is 1. The van der Waals surface area contributed by atoms with E-state index in [1.54, 1.807) is 11.1 Å². The van der Waals surface area contributed by atoms with Crippen molar-refractivity contribution in [2.45, 2.75) is 64.2 Å². The van der Waals surface area contributed by atoms with E-state index in [1.165, 1.54) is 44.9 Å². The number of unbranched alkanes of at least 4 members (excludes halogenated alkanes) is 7. The SMILES string of the molecule is C=CCCCCCCCCCC1CCN(C=C)C1=O. The Bertz CT molecular complexity index is 285. The summed E-state index contributed by atoms with van der Waals surface area (Å²) in [6, 6.07) is 0. The number of amides is 1. The molecule has 0 spiro atoms. The van der Waals surface area contributed by atoms with Crippen molar-refractivity contribution < 1.29 is 4.79 Å². The number of hydrogen-bond donors (Lipinski definition) is 0. The van der Waals surface area contributed by atoms with Crippen LogP contribution < -0.4 is 0 Å². The molecular formula is C17H29NO. The van der Waals surface area contributed by atoms with E-state index in [1.807, 2.05) is 6.08 Å². The lowest BCUT2D eigenvalue weighted by atomic mass is 9.99. The fourth-order valence-electron chi connectivity index (χ4n) is 2.78. The molecule has 1 amide bonds. The van der Waals surface area contributed by atoms with Gasteiger partial charge < -0.3 is 4.90 Å². The Labute approximate surface area is 118 Å². The second-order valence-electron chi connectivity index (χ2n) is 5.54. The van der Waals surface area contributed by atoms with Gasteiger partial charge in [0.15, 0.2) is 0 Å². The zero-order valence-corrected chi connectivity index (χ0v) is 12.3. The van der Waals surface area contributed by atoms with Crippen LogP contribution in [0.5, 0.6) is 0 Å². The highest BCUT2D eigenvalue weighted by molar-refractivity contribution is 5.81. The monoisotopic (exact) mass is 263 g/mol. The second-order valence-corrected chi connectivity index (χ2v) is 5.54. The lowest BCUT2D eigenvalue weighted by Gasteiger charge is -2.10. The van der Waals surface area contributed by atoms with Gasteiger partial charge in [-0.2, -0.15) is 0 Å². The maximum Gasteiger partial charge on any atom is 0.229 e. The van der Waals surface area contributed by atoms with E-state index in [0.717, 1.165) is 25.8 Å². The van der Waals surface area contributed by atoms with Gasteiger partial charge in [-0.15, -0.1) is 6.58 Å². The van der Waals surface area contributed by atoms with Crippen molar-refractivity contribution in [1.29, 1.82) is 0 Å². The van der Waals surface area contributed by atoms with Crippen LogP contribution in [0.15, 0.2) is 25.4 Å². The van der Waals surface area contributed by atoms with Gasteiger partial charge in [-0.1, -0.05) is 51.2 Å². The minimum Gasteiger partial charge on any atom is -0.319 e. The Morgan fingerprint density at radius 3 is 2.26 bits per heavy atom. The van der Waals surface area contributed by atoms with Crippen molar-refractivity contribution in [2.75, 3.05) is 6.54 Å². The van der Waals surface area contributed by atoms with E-state index >= 15 is 0 Å². The first-order valence-corrected chi connectivity index (χ1v) is 7.83. The number of allylic oxidation sites excluding steroid dienone is 1. The Morgan fingerprint density at radius 1 is 1.05 bits per heavy atom. The van der Waals surface area contributed by atoms with Crippen LogP contribution >= 0.6 is 0 Å². The summed E-state index contributed by atoms with van der Waals surface area (Å²) >= 11 is 0. The predicted molar refractivity (Wildman–Crippen MR) is 81.8 cm³/mol. The van der Waals surface area contributed by atoms with Crippen LogP contribution in [-0.4, -0.2) is 17.4 Å². The summed E-state index contributed by atoms with van der Waals surface area (Å²) < 4.78 is 0. The minimum atomic E-state index is 0.269. The fourth-order valence-corrected chi connectivity index (χ4v) is 2.78. The number of rotatable bonds is 11. The standard InChI is InChI=1S/C17H29NO/c1-3-5-6-7-8-9-10-11-12-13-16-14-15-18(4-2)17(16)19/h3-4,16H,1-2,5-15H2. The molecule has 1 fully saturated rings. The quantitative estimate of drug-likeness (QED) is 0.391. The third-order valence-corrected chi connectivity index (χ3v) is 4.03. The first-order chi connectivity index (χ1) is 9.29. The van der Waals surface area contributed by atoms with Crippen molar-refractivity contribution >= 4 is 5.91 Å². The van der Waals surface area contributed by atoms with Crippen LogP contribution in [0, 0.1) is 5.92 Å². The molecule has 108 valence electrons. The molecule has 0 N–H and O–H groups in total. The third kappa shape index (κ3) is 6.09. The van der Waals surface area contributed by atoms with Gasteiger partial charge in [-0.3, -0.25) is 4.79 Å². The normalized spacial score (nSPS) is 18.8. The van der Waals surface area contributed by atoms with Gasteiger partial charge >= 0.3 is 0 Å². The molecule has 1 rings (SSSR count). The van der Waals surface area contributed by atoms with E-state index < -0.39 is 0 Å². The number of carbonyl (C=O) groups excluding carboxylic acids is 1. The maximum atomic E-state index is 11.8. The number of likely N-dealkylation sites (tertiary alicyclic amines) is 1. The molecule has 0 aromatic rings.